The average molecular weight is 286 g/mol. The minimum absolute atomic E-state index is 0.0656. The summed E-state index contributed by atoms with van der Waals surface area (Å²) in [5, 5.41) is 0.757. The Balaban J connectivity index is 1.96. The van der Waals surface area contributed by atoms with Crippen LogP contribution in [0, 0.1) is 0 Å². The van der Waals surface area contributed by atoms with Gasteiger partial charge >= 0.3 is 0 Å². The number of nitrogens with zero attached hydrogens (tertiary/aromatic N) is 1. The van der Waals surface area contributed by atoms with Gasteiger partial charge in [0.05, 0.1) is 11.9 Å². The number of amides is 1. The molecule has 0 aliphatic carbocycles. The number of ether oxygens (including phenoxy) is 1. The van der Waals surface area contributed by atoms with Gasteiger partial charge in [-0.1, -0.05) is 11.6 Å². The molecule has 1 heterocycles. The van der Waals surface area contributed by atoms with Gasteiger partial charge in [-0.05, 0) is 30.7 Å². The van der Waals surface area contributed by atoms with E-state index in [0.717, 1.165) is 24.4 Å². The maximum atomic E-state index is 12.2. The second-order valence-corrected chi connectivity index (χ2v) is 5.85. The Bertz CT molecular complexity index is 410. The molecule has 2 rings (SSSR count). The fourth-order valence-corrected chi connectivity index (χ4v) is 3.17. The third-order valence-electron chi connectivity index (χ3n) is 2.90. The summed E-state index contributed by atoms with van der Waals surface area (Å²) in [7, 11) is 1.68. The fraction of sp³-hybridized carbons (Fsp3) is 0.462. The van der Waals surface area contributed by atoms with Crippen LogP contribution in [0.3, 0.4) is 0 Å². The molecule has 1 fully saturated rings. The van der Waals surface area contributed by atoms with Crippen molar-refractivity contribution in [1.29, 1.82) is 0 Å². The van der Waals surface area contributed by atoms with E-state index in [9.17, 15) is 4.79 Å². The van der Waals surface area contributed by atoms with Crippen molar-refractivity contribution in [3.63, 3.8) is 0 Å². The fourth-order valence-electron chi connectivity index (χ4n) is 1.96. The van der Waals surface area contributed by atoms with Crippen LogP contribution in [0.4, 0.5) is 5.69 Å². The van der Waals surface area contributed by atoms with Crippen LogP contribution in [0.5, 0.6) is 0 Å². The SMILES string of the molecule is COCCS[C@H]1CCN(c2ccc(Cl)cc2)C1=O. The minimum atomic E-state index is 0.0656. The number of methoxy groups -OCH3 is 1. The lowest BCUT2D eigenvalue weighted by Gasteiger charge is -2.16. The first-order valence-electron chi connectivity index (χ1n) is 5.90. The topological polar surface area (TPSA) is 29.5 Å². The van der Waals surface area contributed by atoms with Crippen molar-refractivity contribution in [1.82, 2.24) is 0 Å². The summed E-state index contributed by atoms with van der Waals surface area (Å²) < 4.78 is 5.00. The molecule has 1 atom stereocenters. The van der Waals surface area contributed by atoms with E-state index in [1.54, 1.807) is 18.9 Å². The molecule has 98 valence electrons. The Morgan fingerprint density at radius 1 is 1.44 bits per heavy atom. The number of hydrogen-bond donors (Lipinski definition) is 0. The second kappa shape index (κ2) is 6.45. The van der Waals surface area contributed by atoms with Gasteiger partial charge in [0.15, 0.2) is 0 Å². The van der Waals surface area contributed by atoms with Gasteiger partial charge in [0, 0.05) is 30.1 Å². The van der Waals surface area contributed by atoms with E-state index in [4.69, 9.17) is 16.3 Å². The van der Waals surface area contributed by atoms with Crippen molar-refractivity contribution < 1.29 is 9.53 Å². The van der Waals surface area contributed by atoms with Crippen molar-refractivity contribution in [3.8, 4) is 0 Å². The molecule has 1 aromatic carbocycles. The predicted octanol–water partition coefficient (Wildman–Crippen LogP) is 2.82. The van der Waals surface area contributed by atoms with Gasteiger partial charge in [-0.2, -0.15) is 0 Å². The number of rotatable bonds is 5. The van der Waals surface area contributed by atoms with Crippen molar-refractivity contribution in [2.45, 2.75) is 11.7 Å². The van der Waals surface area contributed by atoms with Crippen LogP contribution in [-0.4, -0.2) is 37.2 Å². The summed E-state index contributed by atoms with van der Waals surface area (Å²) in [5.74, 6) is 1.06. The quantitative estimate of drug-likeness (QED) is 0.779. The van der Waals surface area contributed by atoms with Crippen molar-refractivity contribution >= 4 is 35.0 Å². The van der Waals surface area contributed by atoms with Crippen molar-refractivity contribution in [2.75, 3.05) is 30.9 Å². The van der Waals surface area contributed by atoms with Crippen molar-refractivity contribution in [2.24, 2.45) is 0 Å². The van der Waals surface area contributed by atoms with Gasteiger partial charge in [0.25, 0.3) is 0 Å². The van der Waals surface area contributed by atoms with E-state index in [2.05, 4.69) is 0 Å². The molecular formula is C13H16ClNO2S. The standard InChI is InChI=1S/C13H16ClNO2S/c1-17-8-9-18-12-6-7-15(13(12)16)11-4-2-10(14)3-5-11/h2-5,12H,6-9H2,1H3/t12-/m0/s1. The molecule has 0 radical (unpaired) electrons. The maximum Gasteiger partial charge on any atom is 0.240 e. The highest BCUT2D eigenvalue weighted by molar-refractivity contribution is 8.00. The maximum absolute atomic E-state index is 12.2. The lowest BCUT2D eigenvalue weighted by Crippen LogP contribution is -2.28. The summed E-state index contributed by atoms with van der Waals surface area (Å²) in [5.41, 5.74) is 0.930. The summed E-state index contributed by atoms with van der Waals surface area (Å²) in [6, 6.07) is 7.41. The average Bonchev–Trinajstić information content (AvgIpc) is 2.73. The first-order chi connectivity index (χ1) is 8.72. The predicted molar refractivity (Wildman–Crippen MR) is 76.5 cm³/mol. The van der Waals surface area contributed by atoms with Gasteiger partial charge in [0.1, 0.15) is 0 Å². The van der Waals surface area contributed by atoms with Crippen LogP contribution in [-0.2, 0) is 9.53 Å². The third-order valence-corrected chi connectivity index (χ3v) is 4.40. The Morgan fingerprint density at radius 3 is 2.83 bits per heavy atom. The zero-order valence-corrected chi connectivity index (χ0v) is 11.8. The van der Waals surface area contributed by atoms with E-state index in [-0.39, 0.29) is 11.2 Å². The number of halogens is 1. The van der Waals surface area contributed by atoms with Gasteiger partial charge in [0.2, 0.25) is 5.91 Å². The molecule has 0 aromatic heterocycles. The Hall–Kier alpha value is -0.710. The van der Waals surface area contributed by atoms with Crippen LogP contribution in [0.25, 0.3) is 0 Å². The van der Waals surface area contributed by atoms with Gasteiger partial charge in [-0.3, -0.25) is 4.79 Å². The van der Waals surface area contributed by atoms with Crippen LogP contribution in [0.2, 0.25) is 5.02 Å². The third kappa shape index (κ3) is 3.19. The molecule has 5 heteroatoms. The minimum Gasteiger partial charge on any atom is -0.384 e. The molecule has 0 saturated carbocycles. The molecule has 18 heavy (non-hydrogen) atoms. The molecule has 0 bridgehead atoms. The summed E-state index contributed by atoms with van der Waals surface area (Å²) in [6.45, 7) is 1.47. The van der Waals surface area contributed by atoms with Gasteiger partial charge in [-0.25, -0.2) is 0 Å². The number of carbonyl (C=O) groups is 1. The number of anilines is 1. The highest BCUT2D eigenvalue weighted by atomic mass is 35.5. The smallest absolute Gasteiger partial charge is 0.240 e. The van der Waals surface area contributed by atoms with Crippen molar-refractivity contribution in [3.05, 3.63) is 29.3 Å². The molecule has 3 nitrogen and oxygen atoms in total. The first-order valence-corrected chi connectivity index (χ1v) is 7.32. The normalized spacial score (nSPS) is 19.6. The first kappa shape index (κ1) is 13.7. The summed E-state index contributed by atoms with van der Waals surface area (Å²) in [6.07, 6.45) is 0.899. The molecule has 1 aromatic rings. The lowest BCUT2D eigenvalue weighted by atomic mass is 10.3. The zero-order chi connectivity index (χ0) is 13.0. The largest absolute Gasteiger partial charge is 0.384 e. The van der Waals surface area contributed by atoms with Crippen LogP contribution < -0.4 is 4.90 Å². The molecule has 1 aliphatic heterocycles. The highest BCUT2D eigenvalue weighted by Crippen LogP contribution is 2.29. The number of hydrogen-bond acceptors (Lipinski definition) is 3. The zero-order valence-electron chi connectivity index (χ0n) is 10.3. The molecule has 1 amide bonds. The van der Waals surface area contributed by atoms with Crippen LogP contribution in [0.15, 0.2) is 24.3 Å². The molecule has 0 N–H and O–H groups in total. The summed E-state index contributed by atoms with van der Waals surface area (Å²) in [4.78, 5) is 14.1. The van der Waals surface area contributed by atoms with Crippen LogP contribution in [0.1, 0.15) is 6.42 Å². The number of thioether (sulfide) groups is 1. The molecule has 1 aliphatic rings. The lowest BCUT2D eigenvalue weighted by molar-refractivity contribution is -0.116. The second-order valence-electron chi connectivity index (χ2n) is 4.11. The van der Waals surface area contributed by atoms with E-state index in [1.807, 2.05) is 29.2 Å². The van der Waals surface area contributed by atoms with E-state index >= 15 is 0 Å². The molecule has 1 saturated heterocycles. The monoisotopic (exact) mass is 285 g/mol. The Labute approximate surface area is 116 Å². The van der Waals surface area contributed by atoms with Gasteiger partial charge in [-0.15, -0.1) is 11.8 Å². The Morgan fingerprint density at radius 2 is 2.17 bits per heavy atom. The van der Waals surface area contributed by atoms with E-state index < -0.39 is 0 Å². The van der Waals surface area contributed by atoms with E-state index in [0.29, 0.717) is 11.6 Å². The highest BCUT2D eigenvalue weighted by Gasteiger charge is 2.32. The van der Waals surface area contributed by atoms with Gasteiger partial charge < -0.3 is 9.64 Å². The Kier molecular flexibility index (Phi) is 4.92. The number of carbonyl (C=O) groups excluding carboxylic acids is 1. The van der Waals surface area contributed by atoms with Crippen LogP contribution >= 0.6 is 23.4 Å². The molecular weight excluding hydrogens is 270 g/mol. The number of benzene rings is 1. The molecule has 0 spiro atoms. The molecule has 0 unspecified atom stereocenters. The van der Waals surface area contributed by atoms with E-state index in [1.165, 1.54) is 0 Å². The summed E-state index contributed by atoms with van der Waals surface area (Å²) >= 11 is 7.52.